The van der Waals surface area contributed by atoms with Gasteiger partial charge in [-0.1, -0.05) is 35.6 Å². The molecule has 0 fully saturated rings. The van der Waals surface area contributed by atoms with Crippen LogP contribution in [0.2, 0.25) is 0 Å². The van der Waals surface area contributed by atoms with E-state index in [-0.39, 0.29) is 5.56 Å². The van der Waals surface area contributed by atoms with Crippen LogP contribution in [-0.2, 0) is 6.54 Å². The van der Waals surface area contributed by atoms with Gasteiger partial charge in [0.05, 0.1) is 29.4 Å². The number of nitrogens with one attached hydrogen (secondary N) is 1. The Labute approximate surface area is 166 Å². The van der Waals surface area contributed by atoms with Gasteiger partial charge in [0.25, 0.3) is 5.56 Å². The minimum atomic E-state index is -0.136. The van der Waals surface area contributed by atoms with E-state index in [1.807, 2.05) is 62.4 Å². The first kappa shape index (κ1) is 18.2. The van der Waals surface area contributed by atoms with Gasteiger partial charge in [0.1, 0.15) is 5.75 Å². The van der Waals surface area contributed by atoms with Crippen LogP contribution in [0.3, 0.4) is 0 Å². The third kappa shape index (κ3) is 3.36. The first-order chi connectivity index (χ1) is 13.6. The molecule has 6 nitrogen and oxygen atoms in total. The number of aromatic amines is 1. The number of methoxy groups -OCH3 is 1. The molecule has 0 bridgehead atoms. The SMILES string of the molecule is COc1cccc(CN=C(C)c2c(C)[nH]n(-c3nc4ccccc4s3)c2=O)c1. The zero-order valence-corrected chi connectivity index (χ0v) is 16.7. The second-order valence-corrected chi connectivity index (χ2v) is 7.48. The van der Waals surface area contributed by atoms with Gasteiger partial charge in [0.2, 0.25) is 5.13 Å². The summed E-state index contributed by atoms with van der Waals surface area (Å²) in [6.07, 6.45) is 0. The number of rotatable bonds is 5. The van der Waals surface area contributed by atoms with Gasteiger partial charge >= 0.3 is 0 Å². The van der Waals surface area contributed by atoms with Crippen molar-refractivity contribution in [2.24, 2.45) is 4.99 Å². The lowest BCUT2D eigenvalue weighted by Gasteiger charge is -2.03. The van der Waals surface area contributed by atoms with E-state index in [2.05, 4.69) is 15.1 Å². The maximum Gasteiger partial charge on any atom is 0.282 e. The average Bonchev–Trinajstić information content (AvgIpc) is 3.26. The lowest BCUT2D eigenvalue weighted by molar-refractivity contribution is 0.414. The molecular weight excluding hydrogens is 372 g/mol. The molecule has 4 aromatic rings. The molecule has 0 aliphatic carbocycles. The summed E-state index contributed by atoms with van der Waals surface area (Å²) in [5.41, 5.74) is 3.83. The van der Waals surface area contributed by atoms with Crippen molar-refractivity contribution in [2.45, 2.75) is 20.4 Å². The summed E-state index contributed by atoms with van der Waals surface area (Å²) in [6.45, 7) is 4.22. The Bertz CT molecular complexity index is 1200. The molecule has 1 N–H and O–H groups in total. The number of benzene rings is 2. The van der Waals surface area contributed by atoms with E-state index < -0.39 is 0 Å². The normalized spacial score (nSPS) is 11.9. The molecule has 2 aromatic heterocycles. The Morgan fingerprint density at radius 3 is 2.86 bits per heavy atom. The number of ether oxygens (including phenoxy) is 1. The van der Waals surface area contributed by atoms with E-state index >= 15 is 0 Å². The van der Waals surface area contributed by atoms with Crippen molar-refractivity contribution >= 4 is 27.3 Å². The predicted molar refractivity (Wildman–Crippen MR) is 113 cm³/mol. The van der Waals surface area contributed by atoms with Crippen molar-refractivity contribution in [2.75, 3.05) is 7.11 Å². The highest BCUT2D eigenvalue weighted by molar-refractivity contribution is 7.20. The van der Waals surface area contributed by atoms with Crippen LogP contribution in [0.5, 0.6) is 5.75 Å². The third-order valence-electron chi connectivity index (χ3n) is 4.54. The third-order valence-corrected chi connectivity index (χ3v) is 5.56. The number of aliphatic imine (C=N–C) groups is 1. The minimum Gasteiger partial charge on any atom is -0.497 e. The summed E-state index contributed by atoms with van der Waals surface area (Å²) < 4.78 is 7.79. The molecule has 0 spiro atoms. The summed E-state index contributed by atoms with van der Waals surface area (Å²) in [4.78, 5) is 22.2. The van der Waals surface area contributed by atoms with E-state index in [0.717, 1.165) is 27.2 Å². The molecule has 0 aliphatic rings. The van der Waals surface area contributed by atoms with Crippen molar-refractivity contribution in [3.05, 3.63) is 75.7 Å². The van der Waals surface area contributed by atoms with E-state index in [1.54, 1.807) is 7.11 Å². The van der Waals surface area contributed by atoms with Crippen LogP contribution in [0.1, 0.15) is 23.7 Å². The van der Waals surface area contributed by atoms with Crippen molar-refractivity contribution < 1.29 is 4.74 Å². The lowest BCUT2D eigenvalue weighted by atomic mass is 10.1. The van der Waals surface area contributed by atoms with Gasteiger partial charge in [-0.15, -0.1) is 0 Å². The molecule has 142 valence electrons. The van der Waals surface area contributed by atoms with Crippen molar-refractivity contribution in [3.8, 4) is 10.9 Å². The molecule has 4 rings (SSSR count). The van der Waals surface area contributed by atoms with Crippen LogP contribution >= 0.6 is 11.3 Å². The maximum absolute atomic E-state index is 13.0. The van der Waals surface area contributed by atoms with E-state index in [1.165, 1.54) is 16.0 Å². The smallest absolute Gasteiger partial charge is 0.282 e. The molecule has 0 aliphatic heterocycles. The van der Waals surface area contributed by atoms with E-state index in [9.17, 15) is 4.79 Å². The largest absolute Gasteiger partial charge is 0.497 e. The highest BCUT2D eigenvalue weighted by Gasteiger charge is 2.17. The monoisotopic (exact) mass is 392 g/mol. The maximum atomic E-state index is 13.0. The molecule has 0 unspecified atom stereocenters. The average molecular weight is 392 g/mol. The molecule has 2 heterocycles. The fourth-order valence-electron chi connectivity index (χ4n) is 3.12. The zero-order chi connectivity index (χ0) is 19.7. The van der Waals surface area contributed by atoms with Crippen molar-refractivity contribution in [3.63, 3.8) is 0 Å². The zero-order valence-electron chi connectivity index (χ0n) is 15.9. The second kappa shape index (κ2) is 7.44. The van der Waals surface area contributed by atoms with Gasteiger partial charge in [-0.25, -0.2) is 4.98 Å². The summed E-state index contributed by atoms with van der Waals surface area (Å²) in [5, 5.41) is 3.76. The number of nitrogens with zero attached hydrogens (tertiary/aromatic N) is 3. The molecule has 0 radical (unpaired) electrons. The Morgan fingerprint density at radius 1 is 1.25 bits per heavy atom. The van der Waals surface area contributed by atoms with Crippen LogP contribution < -0.4 is 10.3 Å². The molecule has 0 atom stereocenters. The number of thiazole rings is 1. The van der Waals surface area contributed by atoms with Crippen LogP contribution in [0.15, 0.2) is 58.3 Å². The number of aromatic nitrogens is 3. The summed E-state index contributed by atoms with van der Waals surface area (Å²) >= 11 is 1.48. The first-order valence-electron chi connectivity index (χ1n) is 8.88. The van der Waals surface area contributed by atoms with Crippen molar-refractivity contribution in [1.29, 1.82) is 0 Å². The fraction of sp³-hybridized carbons (Fsp3) is 0.190. The van der Waals surface area contributed by atoms with Gasteiger partial charge in [-0.2, -0.15) is 4.68 Å². The van der Waals surface area contributed by atoms with Crippen LogP contribution in [0.4, 0.5) is 0 Å². The second-order valence-electron chi connectivity index (χ2n) is 6.47. The summed E-state index contributed by atoms with van der Waals surface area (Å²) in [6, 6.07) is 15.6. The van der Waals surface area contributed by atoms with E-state index in [4.69, 9.17) is 4.74 Å². The Hall–Kier alpha value is -3.19. The highest BCUT2D eigenvalue weighted by Crippen LogP contribution is 2.23. The van der Waals surface area contributed by atoms with Gasteiger partial charge in [0.15, 0.2) is 0 Å². The lowest BCUT2D eigenvalue weighted by Crippen LogP contribution is -2.19. The molecule has 7 heteroatoms. The Kier molecular flexibility index (Phi) is 4.83. The van der Waals surface area contributed by atoms with Crippen LogP contribution in [0, 0.1) is 6.92 Å². The van der Waals surface area contributed by atoms with Crippen LogP contribution in [-0.4, -0.2) is 27.6 Å². The fourth-order valence-corrected chi connectivity index (χ4v) is 4.05. The number of hydrogen-bond acceptors (Lipinski definition) is 5. The number of H-pyrrole nitrogens is 1. The molecule has 28 heavy (non-hydrogen) atoms. The Morgan fingerprint density at radius 2 is 2.07 bits per heavy atom. The quantitative estimate of drug-likeness (QED) is 0.520. The van der Waals surface area contributed by atoms with Crippen molar-refractivity contribution in [1.82, 2.24) is 14.8 Å². The van der Waals surface area contributed by atoms with Gasteiger partial charge in [-0.3, -0.25) is 14.9 Å². The molecule has 0 amide bonds. The summed E-state index contributed by atoms with van der Waals surface area (Å²) in [5.74, 6) is 0.793. The summed E-state index contributed by atoms with van der Waals surface area (Å²) in [7, 11) is 1.64. The first-order valence-corrected chi connectivity index (χ1v) is 9.70. The standard InChI is InChI=1S/C21H20N4O2S/c1-13(22-12-15-7-6-8-16(11-15)27-3)19-14(2)24-25(20(19)26)21-23-17-9-4-5-10-18(17)28-21/h4-11,24H,12H2,1-3H3. The van der Waals surface area contributed by atoms with Gasteiger partial charge in [0, 0.05) is 11.4 Å². The number of para-hydroxylation sites is 1. The van der Waals surface area contributed by atoms with Gasteiger partial charge < -0.3 is 4.74 Å². The number of fused-ring (bicyclic) bond motifs is 1. The van der Waals surface area contributed by atoms with Gasteiger partial charge in [-0.05, 0) is 43.7 Å². The topological polar surface area (TPSA) is 72.3 Å². The molecule has 2 aromatic carbocycles. The number of aryl methyl sites for hydroxylation is 1. The molecule has 0 saturated heterocycles. The highest BCUT2D eigenvalue weighted by atomic mass is 32.1. The Balaban J connectivity index is 1.67. The van der Waals surface area contributed by atoms with E-state index in [0.29, 0.717) is 23.0 Å². The molecule has 0 saturated carbocycles. The minimum absolute atomic E-state index is 0.136. The number of hydrogen-bond donors (Lipinski definition) is 1. The van der Waals surface area contributed by atoms with Crippen LogP contribution in [0.25, 0.3) is 15.3 Å². The predicted octanol–water partition coefficient (Wildman–Crippen LogP) is 4.10. The molecular formula is C21H20N4O2S.